The van der Waals surface area contributed by atoms with E-state index in [0.29, 0.717) is 24.5 Å². The SMILES string of the molecule is O=C(NCCCc1ccccc1)c1ccnc(NCCc2ccc(F)cc2)c1. The van der Waals surface area contributed by atoms with Crippen molar-refractivity contribution in [3.8, 4) is 0 Å². The van der Waals surface area contributed by atoms with Gasteiger partial charge in [0.05, 0.1) is 0 Å². The summed E-state index contributed by atoms with van der Waals surface area (Å²) >= 11 is 0. The molecule has 0 aliphatic heterocycles. The Morgan fingerprint density at radius 1 is 0.893 bits per heavy atom. The summed E-state index contributed by atoms with van der Waals surface area (Å²) in [6.07, 6.45) is 4.20. The molecule has 0 atom stereocenters. The van der Waals surface area contributed by atoms with Gasteiger partial charge in [-0.3, -0.25) is 4.79 Å². The molecule has 144 valence electrons. The second-order valence-electron chi connectivity index (χ2n) is 6.58. The Bertz CT molecular complexity index is 882. The maximum atomic E-state index is 12.9. The van der Waals surface area contributed by atoms with Crippen molar-refractivity contribution in [1.82, 2.24) is 10.3 Å². The first kappa shape index (κ1) is 19.5. The first-order chi connectivity index (χ1) is 13.7. The smallest absolute Gasteiger partial charge is 0.251 e. The van der Waals surface area contributed by atoms with Gasteiger partial charge < -0.3 is 10.6 Å². The number of amides is 1. The van der Waals surface area contributed by atoms with E-state index in [1.165, 1.54) is 17.7 Å². The first-order valence-corrected chi connectivity index (χ1v) is 9.47. The largest absolute Gasteiger partial charge is 0.370 e. The van der Waals surface area contributed by atoms with Gasteiger partial charge in [0.1, 0.15) is 11.6 Å². The molecule has 1 aromatic heterocycles. The van der Waals surface area contributed by atoms with E-state index in [9.17, 15) is 9.18 Å². The van der Waals surface area contributed by atoms with E-state index in [4.69, 9.17) is 0 Å². The van der Waals surface area contributed by atoms with Gasteiger partial charge in [-0.15, -0.1) is 0 Å². The highest BCUT2D eigenvalue weighted by atomic mass is 19.1. The Kier molecular flexibility index (Phi) is 7.13. The summed E-state index contributed by atoms with van der Waals surface area (Å²) in [5.41, 5.74) is 2.90. The minimum atomic E-state index is -0.235. The summed E-state index contributed by atoms with van der Waals surface area (Å²) in [5.74, 6) is 0.317. The Labute approximate surface area is 164 Å². The summed E-state index contributed by atoms with van der Waals surface area (Å²) in [6.45, 7) is 1.28. The lowest BCUT2D eigenvalue weighted by Gasteiger charge is -2.09. The van der Waals surface area contributed by atoms with E-state index in [1.807, 2.05) is 18.2 Å². The Morgan fingerprint density at radius 2 is 1.64 bits per heavy atom. The van der Waals surface area contributed by atoms with Crippen molar-refractivity contribution >= 4 is 11.7 Å². The maximum absolute atomic E-state index is 12.9. The molecule has 2 aromatic carbocycles. The van der Waals surface area contributed by atoms with Crippen LogP contribution in [0, 0.1) is 5.82 Å². The summed E-state index contributed by atoms with van der Waals surface area (Å²) in [7, 11) is 0. The normalized spacial score (nSPS) is 10.5. The molecule has 0 spiro atoms. The number of nitrogens with one attached hydrogen (secondary N) is 2. The van der Waals surface area contributed by atoms with Crippen LogP contribution < -0.4 is 10.6 Å². The van der Waals surface area contributed by atoms with Gasteiger partial charge in [-0.25, -0.2) is 9.37 Å². The van der Waals surface area contributed by atoms with E-state index >= 15 is 0 Å². The van der Waals surface area contributed by atoms with Crippen LogP contribution in [0.4, 0.5) is 10.2 Å². The molecule has 5 heteroatoms. The summed E-state index contributed by atoms with van der Waals surface area (Å²) in [4.78, 5) is 16.6. The summed E-state index contributed by atoms with van der Waals surface area (Å²) in [6, 6.07) is 20.1. The number of aromatic nitrogens is 1. The number of carbonyl (C=O) groups excluding carboxylic acids is 1. The van der Waals surface area contributed by atoms with Crippen LogP contribution in [0.3, 0.4) is 0 Å². The van der Waals surface area contributed by atoms with Gasteiger partial charge in [0.25, 0.3) is 5.91 Å². The number of halogens is 1. The fourth-order valence-corrected chi connectivity index (χ4v) is 2.90. The number of carbonyl (C=O) groups is 1. The minimum absolute atomic E-state index is 0.1000. The van der Waals surface area contributed by atoms with Crippen LogP contribution in [0.25, 0.3) is 0 Å². The molecule has 1 amide bonds. The molecule has 0 bridgehead atoms. The zero-order chi connectivity index (χ0) is 19.6. The highest BCUT2D eigenvalue weighted by molar-refractivity contribution is 5.94. The third-order valence-electron chi connectivity index (χ3n) is 4.43. The third kappa shape index (κ3) is 6.20. The molecular weight excluding hydrogens is 353 g/mol. The number of hydrogen-bond acceptors (Lipinski definition) is 3. The first-order valence-electron chi connectivity index (χ1n) is 9.47. The van der Waals surface area contributed by atoms with Crippen LogP contribution in [0.1, 0.15) is 27.9 Å². The van der Waals surface area contributed by atoms with Crippen LogP contribution >= 0.6 is 0 Å². The van der Waals surface area contributed by atoms with Crippen LogP contribution in [0.5, 0.6) is 0 Å². The molecule has 0 unspecified atom stereocenters. The Morgan fingerprint density at radius 3 is 2.43 bits per heavy atom. The van der Waals surface area contributed by atoms with Crippen LogP contribution in [0.2, 0.25) is 0 Å². The number of nitrogens with zero attached hydrogens (tertiary/aromatic N) is 1. The van der Waals surface area contributed by atoms with Crippen molar-refractivity contribution in [1.29, 1.82) is 0 Å². The standard InChI is InChI=1S/C23H24FN3O/c24-21-10-8-19(9-11-21)12-15-25-22-17-20(13-16-26-22)23(28)27-14-4-7-18-5-2-1-3-6-18/h1-3,5-6,8-11,13,16-17H,4,7,12,14-15H2,(H,25,26)(H,27,28). The molecule has 0 fully saturated rings. The topological polar surface area (TPSA) is 54.0 Å². The lowest BCUT2D eigenvalue weighted by Crippen LogP contribution is -2.25. The molecule has 4 nitrogen and oxygen atoms in total. The average Bonchev–Trinajstić information content (AvgIpc) is 2.73. The molecule has 0 saturated carbocycles. The number of anilines is 1. The maximum Gasteiger partial charge on any atom is 0.251 e. The minimum Gasteiger partial charge on any atom is -0.370 e. The second-order valence-corrected chi connectivity index (χ2v) is 6.58. The Balaban J connectivity index is 1.42. The number of benzene rings is 2. The molecule has 3 aromatic rings. The van der Waals surface area contributed by atoms with E-state index in [-0.39, 0.29) is 11.7 Å². The number of rotatable bonds is 9. The summed E-state index contributed by atoms with van der Waals surface area (Å²) in [5, 5.41) is 6.16. The van der Waals surface area contributed by atoms with Crippen LogP contribution in [0.15, 0.2) is 72.9 Å². The molecule has 0 radical (unpaired) electrons. The van der Waals surface area contributed by atoms with E-state index in [2.05, 4.69) is 27.8 Å². The molecule has 0 aliphatic carbocycles. The summed E-state index contributed by atoms with van der Waals surface area (Å²) < 4.78 is 12.9. The Hall–Kier alpha value is -3.21. The zero-order valence-corrected chi connectivity index (χ0v) is 15.7. The van der Waals surface area contributed by atoms with Crippen LogP contribution in [-0.2, 0) is 12.8 Å². The van der Waals surface area contributed by atoms with Crippen molar-refractivity contribution < 1.29 is 9.18 Å². The fourth-order valence-electron chi connectivity index (χ4n) is 2.90. The van der Waals surface area contributed by atoms with Gasteiger partial charge in [0.15, 0.2) is 0 Å². The molecule has 28 heavy (non-hydrogen) atoms. The highest BCUT2D eigenvalue weighted by Gasteiger charge is 2.06. The van der Waals surface area contributed by atoms with Crippen molar-refractivity contribution in [3.63, 3.8) is 0 Å². The molecular formula is C23H24FN3O. The molecule has 3 rings (SSSR count). The predicted molar refractivity (Wildman–Crippen MR) is 110 cm³/mol. The van der Waals surface area contributed by atoms with Gasteiger partial charge in [-0.1, -0.05) is 42.5 Å². The van der Waals surface area contributed by atoms with E-state index < -0.39 is 0 Å². The van der Waals surface area contributed by atoms with Crippen LogP contribution in [-0.4, -0.2) is 24.0 Å². The van der Waals surface area contributed by atoms with Gasteiger partial charge in [0.2, 0.25) is 0 Å². The van der Waals surface area contributed by atoms with E-state index in [1.54, 1.807) is 30.5 Å². The highest BCUT2D eigenvalue weighted by Crippen LogP contribution is 2.09. The fraction of sp³-hybridized carbons (Fsp3) is 0.217. The average molecular weight is 377 g/mol. The number of hydrogen-bond donors (Lipinski definition) is 2. The van der Waals surface area contributed by atoms with E-state index in [0.717, 1.165) is 24.8 Å². The van der Waals surface area contributed by atoms with Crippen molar-refractivity contribution in [2.24, 2.45) is 0 Å². The lowest BCUT2D eigenvalue weighted by molar-refractivity contribution is 0.0953. The molecule has 0 aliphatic rings. The van der Waals surface area contributed by atoms with Crippen molar-refractivity contribution in [2.45, 2.75) is 19.3 Å². The number of pyridine rings is 1. The lowest BCUT2D eigenvalue weighted by atomic mass is 10.1. The van der Waals surface area contributed by atoms with Crippen molar-refractivity contribution in [2.75, 3.05) is 18.4 Å². The molecule has 0 saturated heterocycles. The zero-order valence-electron chi connectivity index (χ0n) is 15.7. The monoisotopic (exact) mass is 377 g/mol. The second kappa shape index (κ2) is 10.2. The number of aryl methyl sites for hydroxylation is 1. The van der Waals surface area contributed by atoms with Crippen molar-refractivity contribution in [3.05, 3.63) is 95.4 Å². The van der Waals surface area contributed by atoms with Gasteiger partial charge in [-0.2, -0.15) is 0 Å². The molecule has 1 heterocycles. The van der Waals surface area contributed by atoms with Gasteiger partial charge in [0, 0.05) is 24.8 Å². The van der Waals surface area contributed by atoms with Gasteiger partial charge in [-0.05, 0) is 54.7 Å². The quantitative estimate of drug-likeness (QED) is 0.549. The van der Waals surface area contributed by atoms with Gasteiger partial charge >= 0.3 is 0 Å². The molecule has 2 N–H and O–H groups in total. The predicted octanol–water partition coefficient (Wildman–Crippen LogP) is 4.24. The third-order valence-corrected chi connectivity index (χ3v) is 4.43.